The number of aromatic amines is 1. The Hall–Kier alpha value is -1.89. The standard InChI is InChI=1S/C11H11F3N4/c1-6(15)9-16-10(18-17-9)7-4-2-3-5-8(7)11(12,13)14/h2-6H,15H2,1H3,(H,16,17,18). The van der Waals surface area contributed by atoms with E-state index in [9.17, 15) is 13.2 Å². The van der Waals surface area contributed by atoms with Gasteiger partial charge in [-0.3, -0.25) is 5.10 Å². The highest BCUT2D eigenvalue weighted by Gasteiger charge is 2.34. The van der Waals surface area contributed by atoms with Crippen molar-refractivity contribution in [3.05, 3.63) is 35.7 Å². The van der Waals surface area contributed by atoms with Gasteiger partial charge in [0.2, 0.25) is 0 Å². The van der Waals surface area contributed by atoms with Crippen LogP contribution in [-0.4, -0.2) is 15.2 Å². The maximum Gasteiger partial charge on any atom is 0.417 e. The second kappa shape index (κ2) is 4.41. The Labute approximate surface area is 101 Å². The minimum Gasteiger partial charge on any atom is -0.322 e. The predicted molar refractivity (Wildman–Crippen MR) is 59.4 cm³/mol. The normalized spacial score (nSPS) is 13.6. The smallest absolute Gasteiger partial charge is 0.322 e. The summed E-state index contributed by atoms with van der Waals surface area (Å²) in [6, 6.07) is 4.75. The molecule has 0 fully saturated rings. The van der Waals surface area contributed by atoms with Gasteiger partial charge in [0.1, 0.15) is 5.82 Å². The molecule has 2 aromatic rings. The molecular formula is C11H11F3N4. The molecule has 1 heterocycles. The molecule has 1 aromatic carbocycles. The van der Waals surface area contributed by atoms with Gasteiger partial charge in [-0.25, -0.2) is 4.98 Å². The molecule has 3 N–H and O–H groups in total. The van der Waals surface area contributed by atoms with Crippen molar-refractivity contribution in [2.45, 2.75) is 19.1 Å². The van der Waals surface area contributed by atoms with Gasteiger partial charge in [0.15, 0.2) is 5.82 Å². The highest BCUT2D eigenvalue weighted by atomic mass is 19.4. The van der Waals surface area contributed by atoms with Crippen LogP contribution in [0.5, 0.6) is 0 Å². The van der Waals surface area contributed by atoms with Crippen LogP contribution < -0.4 is 5.73 Å². The quantitative estimate of drug-likeness (QED) is 0.867. The lowest BCUT2D eigenvalue weighted by Gasteiger charge is -2.09. The molecule has 4 nitrogen and oxygen atoms in total. The Morgan fingerprint density at radius 2 is 1.94 bits per heavy atom. The Balaban J connectivity index is 2.50. The Bertz CT molecular complexity index is 545. The minimum absolute atomic E-state index is 0.00442. The molecule has 0 radical (unpaired) electrons. The van der Waals surface area contributed by atoms with Crippen molar-refractivity contribution >= 4 is 0 Å². The zero-order chi connectivity index (χ0) is 13.3. The van der Waals surface area contributed by atoms with E-state index in [2.05, 4.69) is 15.2 Å². The molecular weight excluding hydrogens is 245 g/mol. The minimum atomic E-state index is -4.44. The number of H-pyrrole nitrogens is 1. The van der Waals surface area contributed by atoms with Crippen molar-refractivity contribution in [3.63, 3.8) is 0 Å². The fraction of sp³-hybridized carbons (Fsp3) is 0.273. The zero-order valence-corrected chi connectivity index (χ0v) is 9.49. The fourth-order valence-electron chi connectivity index (χ4n) is 1.52. The van der Waals surface area contributed by atoms with Crippen LogP contribution in [0, 0.1) is 0 Å². The average Bonchev–Trinajstić information content (AvgIpc) is 2.77. The second-order valence-electron chi connectivity index (χ2n) is 3.88. The van der Waals surface area contributed by atoms with E-state index in [1.807, 2.05) is 0 Å². The summed E-state index contributed by atoms with van der Waals surface area (Å²) in [5.74, 6) is 0.345. The maximum atomic E-state index is 12.8. The molecule has 0 saturated heterocycles. The molecule has 0 aliphatic heterocycles. The number of benzene rings is 1. The Morgan fingerprint density at radius 3 is 2.50 bits per heavy atom. The first kappa shape index (κ1) is 12.6. The van der Waals surface area contributed by atoms with Crippen LogP contribution in [0.2, 0.25) is 0 Å². The molecule has 0 aliphatic carbocycles. The largest absolute Gasteiger partial charge is 0.417 e. The van der Waals surface area contributed by atoms with Gasteiger partial charge < -0.3 is 5.73 Å². The van der Waals surface area contributed by atoms with E-state index in [1.165, 1.54) is 18.2 Å². The van der Waals surface area contributed by atoms with E-state index in [4.69, 9.17) is 5.73 Å². The molecule has 18 heavy (non-hydrogen) atoms. The van der Waals surface area contributed by atoms with Crippen molar-refractivity contribution in [2.75, 3.05) is 0 Å². The highest BCUT2D eigenvalue weighted by Crippen LogP contribution is 2.35. The van der Waals surface area contributed by atoms with E-state index in [0.717, 1.165) is 6.07 Å². The SMILES string of the molecule is CC(N)c1nc(-c2ccccc2C(F)(F)F)n[nH]1. The van der Waals surface area contributed by atoms with Crippen LogP contribution in [0.25, 0.3) is 11.4 Å². The summed E-state index contributed by atoms with van der Waals surface area (Å²) in [4.78, 5) is 3.96. The number of nitrogens with zero attached hydrogens (tertiary/aromatic N) is 2. The maximum absolute atomic E-state index is 12.8. The van der Waals surface area contributed by atoms with Crippen molar-refractivity contribution in [1.82, 2.24) is 15.2 Å². The highest BCUT2D eigenvalue weighted by molar-refractivity contribution is 5.60. The molecule has 0 spiro atoms. The van der Waals surface area contributed by atoms with Crippen LogP contribution >= 0.6 is 0 Å². The molecule has 0 bridgehead atoms. The summed E-state index contributed by atoms with van der Waals surface area (Å²) in [7, 11) is 0. The first-order valence-corrected chi connectivity index (χ1v) is 5.24. The number of hydrogen-bond donors (Lipinski definition) is 2. The predicted octanol–water partition coefficient (Wildman–Crippen LogP) is 2.51. The number of nitrogens with two attached hydrogens (primary N) is 1. The van der Waals surface area contributed by atoms with Gasteiger partial charge in [-0.15, -0.1) is 0 Å². The molecule has 96 valence electrons. The Kier molecular flexibility index (Phi) is 3.08. The van der Waals surface area contributed by atoms with Gasteiger partial charge in [-0.2, -0.15) is 18.3 Å². The van der Waals surface area contributed by atoms with Crippen LogP contribution in [0.1, 0.15) is 24.4 Å². The van der Waals surface area contributed by atoms with Crippen LogP contribution in [0.3, 0.4) is 0 Å². The fourth-order valence-corrected chi connectivity index (χ4v) is 1.52. The number of rotatable bonds is 2. The topological polar surface area (TPSA) is 67.6 Å². The molecule has 0 saturated carbocycles. The van der Waals surface area contributed by atoms with Crippen molar-refractivity contribution < 1.29 is 13.2 Å². The summed E-state index contributed by atoms with van der Waals surface area (Å²) in [6.07, 6.45) is -4.44. The summed E-state index contributed by atoms with van der Waals surface area (Å²) in [6.45, 7) is 1.67. The lowest BCUT2D eigenvalue weighted by Crippen LogP contribution is -2.08. The Morgan fingerprint density at radius 1 is 1.28 bits per heavy atom. The summed E-state index contributed by atoms with van der Waals surface area (Å²) in [5.41, 5.74) is 4.75. The third-order valence-corrected chi connectivity index (χ3v) is 2.41. The third-order valence-electron chi connectivity index (χ3n) is 2.41. The van der Waals surface area contributed by atoms with Crippen molar-refractivity contribution in [1.29, 1.82) is 0 Å². The molecule has 1 atom stereocenters. The molecule has 7 heteroatoms. The van der Waals surface area contributed by atoms with Gasteiger partial charge in [-0.05, 0) is 13.0 Å². The van der Waals surface area contributed by atoms with Gasteiger partial charge in [0, 0.05) is 5.56 Å². The van der Waals surface area contributed by atoms with Gasteiger partial charge >= 0.3 is 6.18 Å². The van der Waals surface area contributed by atoms with Crippen LogP contribution in [-0.2, 0) is 6.18 Å². The van der Waals surface area contributed by atoms with Gasteiger partial charge in [0.25, 0.3) is 0 Å². The monoisotopic (exact) mass is 256 g/mol. The average molecular weight is 256 g/mol. The van der Waals surface area contributed by atoms with Crippen molar-refractivity contribution in [2.24, 2.45) is 5.73 Å². The van der Waals surface area contributed by atoms with Gasteiger partial charge in [-0.1, -0.05) is 18.2 Å². The van der Waals surface area contributed by atoms with E-state index >= 15 is 0 Å². The van der Waals surface area contributed by atoms with E-state index in [-0.39, 0.29) is 11.4 Å². The number of halogens is 3. The molecule has 1 unspecified atom stereocenters. The second-order valence-corrected chi connectivity index (χ2v) is 3.88. The molecule has 0 amide bonds. The number of aromatic nitrogens is 3. The first-order valence-electron chi connectivity index (χ1n) is 5.24. The third kappa shape index (κ3) is 2.35. The van der Waals surface area contributed by atoms with Crippen LogP contribution in [0.4, 0.5) is 13.2 Å². The lowest BCUT2D eigenvalue weighted by atomic mass is 10.1. The number of hydrogen-bond acceptors (Lipinski definition) is 3. The van der Waals surface area contributed by atoms with Crippen molar-refractivity contribution in [3.8, 4) is 11.4 Å². The van der Waals surface area contributed by atoms with Crippen LogP contribution in [0.15, 0.2) is 24.3 Å². The summed E-state index contributed by atoms with van der Waals surface area (Å²) < 4.78 is 38.4. The molecule has 0 aliphatic rings. The molecule has 2 rings (SSSR count). The number of nitrogens with one attached hydrogen (secondary N) is 1. The summed E-state index contributed by atoms with van der Waals surface area (Å²) >= 11 is 0. The van der Waals surface area contributed by atoms with E-state index < -0.39 is 17.8 Å². The zero-order valence-electron chi connectivity index (χ0n) is 9.49. The first-order chi connectivity index (χ1) is 8.39. The van der Waals surface area contributed by atoms with E-state index in [0.29, 0.717) is 5.82 Å². The van der Waals surface area contributed by atoms with E-state index in [1.54, 1.807) is 6.92 Å². The summed E-state index contributed by atoms with van der Waals surface area (Å²) in [5, 5.41) is 6.29. The lowest BCUT2D eigenvalue weighted by molar-refractivity contribution is -0.137. The number of alkyl halides is 3. The molecule has 1 aromatic heterocycles. The van der Waals surface area contributed by atoms with Gasteiger partial charge in [0.05, 0.1) is 11.6 Å².